The Morgan fingerprint density at radius 1 is 1.62 bits per heavy atom. The van der Waals surface area contributed by atoms with E-state index < -0.39 is 17.7 Å². The first-order valence-corrected chi connectivity index (χ1v) is 5.83. The van der Waals surface area contributed by atoms with Crippen LogP contribution in [-0.4, -0.2) is 30.1 Å². The first-order chi connectivity index (χ1) is 7.49. The highest BCUT2D eigenvalue weighted by Gasteiger charge is 2.43. The first kappa shape index (κ1) is 13.2. The number of ether oxygens (including phenoxy) is 2. The van der Waals surface area contributed by atoms with Gasteiger partial charge in [0.1, 0.15) is 5.60 Å². The van der Waals surface area contributed by atoms with E-state index in [1.165, 1.54) is 6.92 Å². The van der Waals surface area contributed by atoms with Gasteiger partial charge in [0.15, 0.2) is 11.9 Å². The molecule has 4 heteroatoms. The second-order valence-electron chi connectivity index (χ2n) is 4.47. The van der Waals surface area contributed by atoms with Crippen molar-refractivity contribution in [3.8, 4) is 0 Å². The molecule has 0 bridgehead atoms. The van der Waals surface area contributed by atoms with Gasteiger partial charge in [0.2, 0.25) is 0 Å². The molecule has 4 nitrogen and oxygen atoms in total. The Labute approximate surface area is 96.3 Å². The van der Waals surface area contributed by atoms with E-state index in [9.17, 15) is 9.59 Å². The molecule has 0 amide bonds. The van der Waals surface area contributed by atoms with E-state index in [4.69, 9.17) is 9.47 Å². The molecule has 0 aliphatic carbocycles. The molecule has 0 radical (unpaired) electrons. The highest BCUT2D eigenvalue weighted by atomic mass is 16.6. The van der Waals surface area contributed by atoms with Crippen molar-refractivity contribution in [2.24, 2.45) is 0 Å². The summed E-state index contributed by atoms with van der Waals surface area (Å²) in [5.41, 5.74) is -0.659. The van der Waals surface area contributed by atoms with Crippen LogP contribution in [0.5, 0.6) is 0 Å². The van der Waals surface area contributed by atoms with Gasteiger partial charge in [-0.3, -0.25) is 9.59 Å². The fraction of sp³-hybridized carbons (Fsp3) is 0.833. The van der Waals surface area contributed by atoms with E-state index in [2.05, 4.69) is 0 Å². The van der Waals surface area contributed by atoms with Crippen molar-refractivity contribution in [2.45, 2.75) is 58.2 Å². The summed E-state index contributed by atoms with van der Waals surface area (Å²) in [6.07, 6.45) is 2.00. The summed E-state index contributed by atoms with van der Waals surface area (Å²) >= 11 is 0. The van der Waals surface area contributed by atoms with Crippen molar-refractivity contribution in [1.82, 2.24) is 0 Å². The number of esters is 1. The average molecular weight is 228 g/mol. The third-order valence-electron chi connectivity index (χ3n) is 2.88. The SMILES string of the molecule is CCCC1(C)OCCCC(=O)C1OC(C)=O. The van der Waals surface area contributed by atoms with Crippen LogP contribution in [0.15, 0.2) is 0 Å². The fourth-order valence-corrected chi connectivity index (χ4v) is 2.16. The number of carbonyl (C=O) groups is 2. The zero-order valence-electron chi connectivity index (χ0n) is 10.2. The smallest absolute Gasteiger partial charge is 0.303 e. The zero-order valence-corrected chi connectivity index (χ0v) is 10.2. The topological polar surface area (TPSA) is 52.6 Å². The van der Waals surface area contributed by atoms with Gasteiger partial charge in [-0.25, -0.2) is 0 Å². The van der Waals surface area contributed by atoms with Crippen LogP contribution in [0.4, 0.5) is 0 Å². The van der Waals surface area contributed by atoms with Gasteiger partial charge in [-0.15, -0.1) is 0 Å². The van der Waals surface area contributed by atoms with Gasteiger partial charge in [-0.1, -0.05) is 13.3 Å². The standard InChI is InChI=1S/C12H20O4/c1-4-7-12(3)11(16-9(2)13)10(14)6-5-8-15-12/h11H,4-8H2,1-3H3. The lowest BCUT2D eigenvalue weighted by molar-refractivity contribution is -0.173. The van der Waals surface area contributed by atoms with Gasteiger partial charge in [0.05, 0.1) is 0 Å². The molecule has 16 heavy (non-hydrogen) atoms. The molecule has 0 aromatic heterocycles. The van der Waals surface area contributed by atoms with Crippen molar-refractivity contribution in [3.05, 3.63) is 0 Å². The zero-order chi connectivity index (χ0) is 12.2. The second-order valence-corrected chi connectivity index (χ2v) is 4.47. The van der Waals surface area contributed by atoms with E-state index >= 15 is 0 Å². The van der Waals surface area contributed by atoms with Crippen LogP contribution >= 0.6 is 0 Å². The summed E-state index contributed by atoms with van der Waals surface area (Å²) < 4.78 is 10.9. The molecule has 1 aliphatic rings. The maximum atomic E-state index is 11.9. The Morgan fingerprint density at radius 3 is 2.88 bits per heavy atom. The highest BCUT2D eigenvalue weighted by molar-refractivity contribution is 5.86. The summed E-state index contributed by atoms with van der Waals surface area (Å²) in [6.45, 7) is 5.76. The van der Waals surface area contributed by atoms with Crippen molar-refractivity contribution >= 4 is 11.8 Å². The number of ketones is 1. The van der Waals surface area contributed by atoms with Crippen LogP contribution in [0.25, 0.3) is 0 Å². The minimum Gasteiger partial charge on any atom is -0.451 e. The van der Waals surface area contributed by atoms with Gasteiger partial charge in [0, 0.05) is 20.0 Å². The number of carbonyl (C=O) groups excluding carboxylic acids is 2. The molecule has 2 atom stereocenters. The minimum atomic E-state index is -0.743. The second kappa shape index (κ2) is 5.43. The Kier molecular flexibility index (Phi) is 4.47. The van der Waals surface area contributed by atoms with Crippen molar-refractivity contribution in [1.29, 1.82) is 0 Å². The molecule has 92 valence electrons. The number of Topliss-reactive ketones (excluding diaryl/α,β-unsaturated/α-hetero) is 1. The quantitative estimate of drug-likeness (QED) is 0.692. The summed E-state index contributed by atoms with van der Waals surface area (Å²) in [5.74, 6) is -0.449. The van der Waals surface area contributed by atoms with Crippen LogP contribution < -0.4 is 0 Å². The summed E-state index contributed by atoms with van der Waals surface area (Å²) in [5, 5.41) is 0. The molecule has 0 N–H and O–H groups in total. The van der Waals surface area contributed by atoms with Gasteiger partial charge in [0.25, 0.3) is 0 Å². The molecule has 0 aromatic rings. The molecular weight excluding hydrogens is 208 g/mol. The Balaban J connectivity index is 2.88. The maximum Gasteiger partial charge on any atom is 0.303 e. The normalized spacial score (nSPS) is 30.9. The Bertz CT molecular complexity index is 274. The lowest BCUT2D eigenvalue weighted by atomic mass is 9.90. The van der Waals surface area contributed by atoms with E-state index in [0.717, 1.165) is 12.8 Å². The van der Waals surface area contributed by atoms with Gasteiger partial charge in [-0.05, 0) is 19.8 Å². The Morgan fingerprint density at radius 2 is 2.31 bits per heavy atom. The molecule has 0 spiro atoms. The van der Waals surface area contributed by atoms with Crippen LogP contribution in [0.1, 0.15) is 46.5 Å². The number of hydrogen-bond acceptors (Lipinski definition) is 4. The largest absolute Gasteiger partial charge is 0.451 e. The van der Waals surface area contributed by atoms with E-state index in [-0.39, 0.29) is 5.78 Å². The third kappa shape index (κ3) is 3.04. The van der Waals surface area contributed by atoms with Crippen molar-refractivity contribution < 1.29 is 19.1 Å². The van der Waals surface area contributed by atoms with E-state index in [1.54, 1.807) is 0 Å². The number of rotatable bonds is 3. The predicted octanol–water partition coefficient (Wildman–Crippen LogP) is 1.86. The molecule has 1 aliphatic heterocycles. The van der Waals surface area contributed by atoms with Gasteiger partial charge < -0.3 is 9.47 Å². The minimum absolute atomic E-state index is 0.0244. The summed E-state index contributed by atoms with van der Waals surface area (Å²) in [4.78, 5) is 22.9. The molecular formula is C12H20O4. The van der Waals surface area contributed by atoms with Crippen molar-refractivity contribution in [3.63, 3.8) is 0 Å². The lowest BCUT2D eigenvalue weighted by Gasteiger charge is -2.34. The fourth-order valence-electron chi connectivity index (χ4n) is 2.16. The van der Waals surface area contributed by atoms with E-state index in [1.807, 2.05) is 13.8 Å². The monoisotopic (exact) mass is 228 g/mol. The lowest BCUT2D eigenvalue weighted by Crippen LogP contribution is -2.47. The molecule has 0 aromatic carbocycles. The first-order valence-electron chi connectivity index (χ1n) is 5.83. The number of hydrogen-bond donors (Lipinski definition) is 0. The molecule has 1 saturated heterocycles. The average Bonchev–Trinajstić information content (AvgIpc) is 2.31. The van der Waals surface area contributed by atoms with Crippen LogP contribution in [-0.2, 0) is 19.1 Å². The highest BCUT2D eigenvalue weighted by Crippen LogP contribution is 2.29. The van der Waals surface area contributed by atoms with Gasteiger partial charge in [-0.2, -0.15) is 0 Å². The summed E-state index contributed by atoms with van der Waals surface area (Å²) in [7, 11) is 0. The molecule has 1 rings (SSSR count). The van der Waals surface area contributed by atoms with Gasteiger partial charge >= 0.3 is 5.97 Å². The molecule has 2 unspecified atom stereocenters. The van der Waals surface area contributed by atoms with Crippen LogP contribution in [0, 0.1) is 0 Å². The molecule has 0 saturated carbocycles. The predicted molar refractivity (Wildman–Crippen MR) is 59.1 cm³/mol. The van der Waals surface area contributed by atoms with Crippen molar-refractivity contribution in [2.75, 3.05) is 6.61 Å². The van der Waals surface area contributed by atoms with Crippen LogP contribution in [0.2, 0.25) is 0 Å². The van der Waals surface area contributed by atoms with Crippen LogP contribution in [0.3, 0.4) is 0 Å². The molecule has 1 fully saturated rings. The Hall–Kier alpha value is -0.900. The maximum absolute atomic E-state index is 11.9. The summed E-state index contributed by atoms with van der Waals surface area (Å²) in [6, 6.07) is 0. The third-order valence-corrected chi connectivity index (χ3v) is 2.88. The van der Waals surface area contributed by atoms with E-state index in [0.29, 0.717) is 19.4 Å². The molecule has 1 heterocycles.